The van der Waals surface area contributed by atoms with Crippen LogP contribution >= 0.6 is 0 Å². The Morgan fingerprint density at radius 2 is 1.86 bits per heavy atom. The van der Waals surface area contributed by atoms with Gasteiger partial charge in [-0.2, -0.15) is 0 Å². The minimum Gasteiger partial charge on any atom is -0.389 e. The molecule has 0 saturated carbocycles. The molecule has 0 unspecified atom stereocenters. The van der Waals surface area contributed by atoms with Crippen LogP contribution in [0.1, 0.15) is 29.9 Å². The molecule has 1 heterocycles. The Labute approximate surface area is 132 Å². The van der Waals surface area contributed by atoms with E-state index in [-0.39, 0.29) is 5.91 Å². The number of benzene rings is 1. The van der Waals surface area contributed by atoms with Gasteiger partial charge < -0.3 is 14.6 Å². The smallest absolute Gasteiger partial charge is 0.270 e. The van der Waals surface area contributed by atoms with Gasteiger partial charge in [0.15, 0.2) is 0 Å². The summed E-state index contributed by atoms with van der Waals surface area (Å²) in [5.74, 6) is -0.0693. The first-order valence-electron chi connectivity index (χ1n) is 7.54. The Hall–Kier alpha value is -2.07. The normalized spacial score (nSPS) is 11.5. The van der Waals surface area contributed by atoms with Crippen molar-refractivity contribution in [2.45, 2.75) is 32.4 Å². The third-order valence-electron chi connectivity index (χ3n) is 3.50. The van der Waals surface area contributed by atoms with Gasteiger partial charge in [0.05, 0.1) is 5.60 Å². The van der Waals surface area contributed by atoms with Crippen LogP contribution in [0.25, 0.3) is 0 Å². The summed E-state index contributed by atoms with van der Waals surface area (Å²) in [6, 6.07) is 13.9. The summed E-state index contributed by atoms with van der Waals surface area (Å²) in [7, 11) is 1.72. The van der Waals surface area contributed by atoms with Crippen LogP contribution in [0.3, 0.4) is 0 Å². The van der Waals surface area contributed by atoms with Gasteiger partial charge in [-0.25, -0.2) is 0 Å². The summed E-state index contributed by atoms with van der Waals surface area (Å²) >= 11 is 0. The van der Waals surface area contributed by atoms with Gasteiger partial charge >= 0.3 is 0 Å². The molecule has 0 radical (unpaired) electrons. The van der Waals surface area contributed by atoms with Crippen molar-refractivity contribution in [2.75, 3.05) is 13.6 Å². The van der Waals surface area contributed by atoms with Crippen LogP contribution < -0.4 is 0 Å². The zero-order valence-electron chi connectivity index (χ0n) is 13.5. The minimum absolute atomic E-state index is 0.0693. The van der Waals surface area contributed by atoms with E-state index in [2.05, 4.69) is 12.1 Å². The maximum Gasteiger partial charge on any atom is 0.270 e. The highest BCUT2D eigenvalue weighted by Crippen LogP contribution is 2.11. The number of likely N-dealkylation sites (N-methyl/N-ethyl adjacent to an activating group) is 1. The van der Waals surface area contributed by atoms with E-state index in [1.165, 1.54) is 5.56 Å². The molecule has 1 aromatic carbocycles. The van der Waals surface area contributed by atoms with Gasteiger partial charge in [-0.3, -0.25) is 4.79 Å². The Morgan fingerprint density at radius 3 is 2.50 bits per heavy atom. The summed E-state index contributed by atoms with van der Waals surface area (Å²) in [5, 5.41) is 9.86. The van der Waals surface area contributed by atoms with E-state index in [4.69, 9.17) is 0 Å². The Balaban J connectivity index is 2.04. The summed E-state index contributed by atoms with van der Waals surface area (Å²) in [5.41, 5.74) is 1.01. The molecule has 0 aliphatic heterocycles. The second kappa shape index (κ2) is 6.79. The van der Waals surface area contributed by atoms with Crippen molar-refractivity contribution < 1.29 is 9.90 Å². The lowest BCUT2D eigenvalue weighted by Gasteiger charge is -2.26. The first-order chi connectivity index (χ1) is 10.4. The number of carbonyl (C=O) groups is 1. The number of aromatic nitrogens is 1. The molecular formula is C18H24N2O2. The first-order valence-corrected chi connectivity index (χ1v) is 7.54. The van der Waals surface area contributed by atoms with Crippen LogP contribution in [-0.2, 0) is 13.0 Å². The zero-order chi connectivity index (χ0) is 16.2. The van der Waals surface area contributed by atoms with Crippen molar-refractivity contribution >= 4 is 5.91 Å². The van der Waals surface area contributed by atoms with Crippen LogP contribution in [0.4, 0.5) is 0 Å². The van der Waals surface area contributed by atoms with E-state index in [0.717, 1.165) is 13.0 Å². The van der Waals surface area contributed by atoms with Gasteiger partial charge in [-0.05, 0) is 38.0 Å². The van der Waals surface area contributed by atoms with Gasteiger partial charge in [-0.15, -0.1) is 0 Å². The second-order valence-electron chi connectivity index (χ2n) is 6.30. The van der Waals surface area contributed by atoms with E-state index in [1.807, 2.05) is 41.1 Å². The second-order valence-corrected chi connectivity index (χ2v) is 6.30. The quantitative estimate of drug-likeness (QED) is 0.891. The fourth-order valence-electron chi connectivity index (χ4n) is 2.55. The fourth-order valence-corrected chi connectivity index (χ4v) is 2.55. The van der Waals surface area contributed by atoms with Crippen LogP contribution in [0.15, 0.2) is 48.7 Å². The van der Waals surface area contributed by atoms with Gasteiger partial charge in [0.25, 0.3) is 5.91 Å². The lowest BCUT2D eigenvalue weighted by atomic mass is 10.1. The molecule has 0 aliphatic carbocycles. The third-order valence-corrected chi connectivity index (χ3v) is 3.50. The Kier molecular flexibility index (Phi) is 5.03. The standard InChI is InChI=1S/C18H24N2O2/c1-18(2,22)14-19(3)17(21)16-10-7-12-20(16)13-11-15-8-5-4-6-9-15/h4-10,12,22H,11,13-14H2,1-3H3. The molecule has 0 fully saturated rings. The average molecular weight is 300 g/mol. The summed E-state index contributed by atoms with van der Waals surface area (Å²) in [4.78, 5) is 14.1. The van der Waals surface area contributed by atoms with Crippen LogP contribution in [0.5, 0.6) is 0 Å². The van der Waals surface area contributed by atoms with Gasteiger partial charge in [0.2, 0.25) is 0 Å². The molecule has 2 rings (SSSR count). The third kappa shape index (κ3) is 4.46. The number of amides is 1. The maximum atomic E-state index is 12.5. The van der Waals surface area contributed by atoms with Crippen molar-refractivity contribution in [1.82, 2.24) is 9.47 Å². The fraction of sp³-hybridized carbons (Fsp3) is 0.389. The number of aryl methyl sites for hydroxylation is 2. The molecule has 118 valence electrons. The molecule has 4 heteroatoms. The van der Waals surface area contributed by atoms with Crippen LogP contribution in [0, 0.1) is 0 Å². The van der Waals surface area contributed by atoms with Crippen LogP contribution in [-0.4, -0.2) is 39.7 Å². The van der Waals surface area contributed by atoms with E-state index < -0.39 is 5.60 Å². The molecule has 4 nitrogen and oxygen atoms in total. The minimum atomic E-state index is -0.897. The number of hydrogen-bond acceptors (Lipinski definition) is 2. The van der Waals surface area contributed by atoms with Crippen molar-refractivity contribution in [3.63, 3.8) is 0 Å². The van der Waals surface area contributed by atoms with E-state index in [9.17, 15) is 9.90 Å². The molecule has 22 heavy (non-hydrogen) atoms. The Bertz CT molecular complexity index is 612. The predicted octanol–water partition coefficient (Wildman–Crippen LogP) is 2.57. The molecule has 1 N–H and O–H groups in total. The summed E-state index contributed by atoms with van der Waals surface area (Å²) in [6.45, 7) is 4.46. The number of carbonyl (C=O) groups excluding carboxylic acids is 1. The highest BCUT2D eigenvalue weighted by molar-refractivity contribution is 5.92. The molecule has 0 bridgehead atoms. The van der Waals surface area contributed by atoms with Crippen molar-refractivity contribution in [3.8, 4) is 0 Å². The van der Waals surface area contributed by atoms with E-state index >= 15 is 0 Å². The lowest BCUT2D eigenvalue weighted by molar-refractivity contribution is 0.0362. The number of rotatable bonds is 6. The Morgan fingerprint density at radius 1 is 1.18 bits per heavy atom. The molecule has 0 spiro atoms. The lowest BCUT2D eigenvalue weighted by Crippen LogP contribution is -2.40. The number of nitrogens with zero attached hydrogens (tertiary/aromatic N) is 2. The van der Waals surface area contributed by atoms with Gasteiger partial charge in [0.1, 0.15) is 5.69 Å². The highest BCUT2D eigenvalue weighted by Gasteiger charge is 2.22. The van der Waals surface area contributed by atoms with E-state index in [0.29, 0.717) is 12.2 Å². The van der Waals surface area contributed by atoms with Crippen molar-refractivity contribution in [3.05, 3.63) is 59.9 Å². The first kappa shape index (κ1) is 16.3. The molecule has 1 amide bonds. The monoisotopic (exact) mass is 300 g/mol. The average Bonchev–Trinajstić information content (AvgIpc) is 2.92. The van der Waals surface area contributed by atoms with Gasteiger partial charge in [-0.1, -0.05) is 30.3 Å². The van der Waals surface area contributed by atoms with Crippen LogP contribution in [0.2, 0.25) is 0 Å². The van der Waals surface area contributed by atoms with E-state index in [1.54, 1.807) is 25.8 Å². The summed E-state index contributed by atoms with van der Waals surface area (Å²) in [6.07, 6.45) is 2.80. The van der Waals surface area contributed by atoms with Gasteiger partial charge in [0, 0.05) is 26.3 Å². The van der Waals surface area contributed by atoms with Crippen molar-refractivity contribution in [2.24, 2.45) is 0 Å². The largest absolute Gasteiger partial charge is 0.389 e. The summed E-state index contributed by atoms with van der Waals surface area (Å²) < 4.78 is 1.97. The molecule has 0 atom stereocenters. The topological polar surface area (TPSA) is 45.5 Å². The SMILES string of the molecule is CN(CC(C)(C)O)C(=O)c1cccn1CCc1ccccc1. The number of aliphatic hydroxyl groups is 1. The molecule has 1 aromatic heterocycles. The molecule has 0 saturated heterocycles. The van der Waals surface area contributed by atoms with Crippen molar-refractivity contribution in [1.29, 1.82) is 0 Å². The number of hydrogen-bond donors (Lipinski definition) is 1. The maximum absolute atomic E-state index is 12.5. The highest BCUT2D eigenvalue weighted by atomic mass is 16.3. The molecule has 0 aliphatic rings. The molecular weight excluding hydrogens is 276 g/mol. The molecule has 2 aromatic rings. The zero-order valence-corrected chi connectivity index (χ0v) is 13.5. The predicted molar refractivity (Wildman–Crippen MR) is 87.8 cm³/mol.